The average molecular weight is 427 g/mol. The molecule has 2 heterocycles. The summed E-state index contributed by atoms with van der Waals surface area (Å²) in [6.07, 6.45) is 1.98. The average Bonchev–Trinajstić information content (AvgIpc) is 3.33. The molecule has 32 heavy (non-hydrogen) atoms. The van der Waals surface area contributed by atoms with Gasteiger partial charge >= 0.3 is 0 Å². The van der Waals surface area contributed by atoms with Crippen molar-refractivity contribution in [2.45, 2.75) is 33.9 Å². The second-order valence-corrected chi connectivity index (χ2v) is 7.92. The zero-order valence-electron chi connectivity index (χ0n) is 18.5. The number of aryl methyl sites for hydroxylation is 1. The van der Waals surface area contributed by atoms with E-state index in [2.05, 4.69) is 22.4 Å². The molecule has 0 saturated carbocycles. The topological polar surface area (TPSA) is 79.8 Å². The molecule has 2 aromatic carbocycles. The monoisotopic (exact) mass is 426 g/mol. The number of benzene rings is 2. The molecule has 4 rings (SSSR count). The van der Waals surface area contributed by atoms with Crippen molar-refractivity contribution in [1.82, 2.24) is 20.1 Å². The fourth-order valence-electron chi connectivity index (χ4n) is 4.05. The lowest BCUT2D eigenvalue weighted by Crippen LogP contribution is -2.24. The molecule has 6 heteroatoms. The third-order valence-electron chi connectivity index (χ3n) is 5.53. The number of H-pyrrole nitrogens is 1. The molecule has 4 aromatic rings. The van der Waals surface area contributed by atoms with Crippen LogP contribution in [0.5, 0.6) is 0 Å². The molecule has 0 unspecified atom stereocenters. The molecule has 0 aliphatic rings. The minimum Gasteiger partial charge on any atom is -0.354 e. The predicted molar refractivity (Wildman–Crippen MR) is 125 cm³/mol. The number of aromatic amines is 1. The zero-order valence-corrected chi connectivity index (χ0v) is 18.5. The largest absolute Gasteiger partial charge is 0.354 e. The molecule has 162 valence electrons. The van der Waals surface area contributed by atoms with Gasteiger partial charge in [-0.2, -0.15) is 5.10 Å². The van der Waals surface area contributed by atoms with Gasteiger partial charge in [-0.1, -0.05) is 60.7 Å². The van der Waals surface area contributed by atoms with Crippen molar-refractivity contribution >= 4 is 11.7 Å². The van der Waals surface area contributed by atoms with Gasteiger partial charge in [-0.05, 0) is 31.9 Å². The highest BCUT2D eigenvalue weighted by Gasteiger charge is 2.20. The maximum absolute atomic E-state index is 12.9. The number of carbonyl (C=O) groups is 2. The molecule has 0 aliphatic carbocycles. The standard InChI is InChI=1S/C26H26N4O2/c1-17-23(19(3)31)18(2)28-24(17)26(32)27-14-22-16-30(15-20-10-6-4-7-11-20)29-25(22)21-12-8-5-9-13-21/h4-13,16,28H,14-15H2,1-3H3,(H,27,32). The van der Waals surface area contributed by atoms with Gasteiger partial charge in [0.25, 0.3) is 5.91 Å². The van der Waals surface area contributed by atoms with Gasteiger partial charge < -0.3 is 10.3 Å². The van der Waals surface area contributed by atoms with Gasteiger partial charge in [0.1, 0.15) is 5.69 Å². The van der Waals surface area contributed by atoms with Crippen LogP contribution in [0.4, 0.5) is 0 Å². The van der Waals surface area contributed by atoms with Gasteiger partial charge in [-0.3, -0.25) is 14.3 Å². The molecule has 6 nitrogen and oxygen atoms in total. The van der Waals surface area contributed by atoms with E-state index in [0.717, 1.165) is 22.4 Å². The Balaban J connectivity index is 1.59. The second-order valence-electron chi connectivity index (χ2n) is 7.92. The van der Waals surface area contributed by atoms with Crippen LogP contribution in [0.2, 0.25) is 0 Å². The SMILES string of the molecule is CC(=O)c1c(C)[nH]c(C(=O)NCc2cn(Cc3ccccc3)nc2-c2ccccc2)c1C. The van der Waals surface area contributed by atoms with Crippen LogP contribution in [-0.4, -0.2) is 26.5 Å². The molecule has 0 radical (unpaired) electrons. The first-order chi connectivity index (χ1) is 15.4. The molecule has 0 fully saturated rings. The molecule has 0 aliphatic heterocycles. The van der Waals surface area contributed by atoms with Crippen LogP contribution < -0.4 is 5.32 Å². The molecule has 0 bridgehead atoms. The Bertz CT molecular complexity index is 1250. The van der Waals surface area contributed by atoms with E-state index < -0.39 is 0 Å². The van der Waals surface area contributed by atoms with Crippen molar-refractivity contribution < 1.29 is 9.59 Å². The Morgan fingerprint density at radius 1 is 1.00 bits per heavy atom. The van der Waals surface area contributed by atoms with E-state index >= 15 is 0 Å². The van der Waals surface area contributed by atoms with Crippen molar-refractivity contribution in [2.24, 2.45) is 0 Å². The van der Waals surface area contributed by atoms with Crippen LogP contribution in [0.3, 0.4) is 0 Å². The van der Waals surface area contributed by atoms with E-state index in [4.69, 9.17) is 5.10 Å². The van der Waals surface area contributed by atoms with Crippen LogP contribution in [0.25, 0.3) is 11.3 Å². The van der Waals surface area contributed by atoms with E-state index in [1.165, 1.54) is 6.92 Å². The molecule has 0 spiro atoms. The number of Topliss-reactive ketones (excluding diaryl/α,β-unsaturated/α-hetero) is 1. The maximum atomic E-state index is 12.9. The quantitative estimate of drug-likeness (QED) is 0.421. The molecule has 0 atom stereocenters. The van der Waals surface area contributed by atoms with Crippen molar-refractivity contribution in [3.05, 3.63) is 101 Å². The van der Waals surface area contributed by atoms with Gasteiger partial charge in [0.15, 0.2) is 5.78 Å². The summed E-state index contributed by atoms with van der Waals surface area (Å²) in [6, 6.07) is 20.1. The number of rotatable bonds is 7. The van der Waals surface area contributed by atoms with Gasteiger partial charge in [-0.25, -0.2) is 0 Å². The third kappa shape index (κ3) is 4.39. The van der Waals surface area contributed by atoms with Crippen molar-refractivity contribution in [3.8, 4) is 11.3 Å². The smallest absolute Gasteiger partial charge is 0.268 e. The molecule has 0 saturated heterocycles. The number of ketones is 1. The lowest BCUT2D eigenvalue weighted by molar-refractivity contribution is 0.0945. The zero-order chi connectivity index (χ0) is 22.7. The number of nitrogens with zero attached hydrogens (tertiary/aromatic N) is 2. The molecule has 1 amide bonds. The van der Waals surface area contributed by atoms with Gasteiger partial charge in [-0.15, -0.1) is 0 Å². The van der Waals surface area contributed by atoms with Crippen molar-refractivity contribution in [3.63, 3.8) is 0 Å². The van der Waals surface area contributed by atoms with Crippen LogP contribution in [0, 0.1) is 13.8 Å². The highest BCUT2D eigenvalue weighted by molar-refractivity contribution is 6.02. The number of hydrogen-bond acceptors (Lipinski definition) is 3. The Morgan fingerprint density at radius 3 is 2.28 bits per heavy atom. The highest BCUT2D eigenvalue weighted by atomic mass is 16.2. The highest BCUT2D eigenvalue weighted by Crippen LogP contribution is 2.23. The normalized spacial score (nSPS) is 10.8. The molecular weight excluding hydrogens is 400 g/mol. The van der Waals surface area contributed by atoms with Crippen LogP contribution >= 0.6 is 0 Å². The molecular formula is C26H26N4O2. The van der Waals surface area contributed by atoms with E-state index in [-0.39, 0.29) is 11.7 Å². The second kappa shape index (κ2) is 9.06. The Morgan fingerprint density at radius 2 is 1.66 bits per heavy atom. The van der Waals surface area contributed by atoms with E-state index in [0.29, 0.717) is 35.6 Å². The number of nitrogens with one attached hydrogen (secondary N) is 2. The Kier molecular flexibility index (Phi) is 6.03. The third-order valence-corrected chi connectivity index (χ3v) is 5.53. The van der Waals surface area contributed by atoms with E-state index in [9.17, 15) is 9.59 Å². The summed E-state index contributed by atoms with van der Waals surface area (Å²) in [4.78, 5) is 27.8. The van der Waals surface area contributed by atoms with Gasteiger partial charge in [0.2, 0.25) is 0 Å². The minimum absolute atomic E-state index is 0.0520. The summed E-state index contributed by atoms with van der Waals surface area (Å²) in [5.41, 5.74) is 6.30. The minimum atomic E-state index is -0.243. The number of aromatic nitrogens is 3. The predicted octanol–water partition coefficient (Wildman–Crippen LogP) is 4.68. The summed E-state index contributed by atoms with van der Waals surface area (Å²) in [6.45, 7) is 6.08. The number of amides is 1. The molecule has 2 N–H and O–H groups in total. The first kappa shape index (κ1) is 21.3. The molecule has 2 aromatic heterocycles. The Hall–Kier alpha value is -3.93. The lowest BCUT2D eigenvalue weighted by atomic mass is 10.1. The summed E-state index contributed by atoms with van der Waals surface area (Å²) in [5.74, 6) is -0.295. The first-order valence-electron chi connectivity index (χ1n) is 10.6. The fourth-order valence-corrected chi connectivity index (χ4v) is 4.05. The fraction of sp³-hybridized carbons (Fsp3) is 0.192. The van der Waals surface area contributed by atoms with E-state index in [1.807, 2.05) is 66.3 Å². The summed E-state index contributed by atoms with van der Waals surface area (Å²) < 4.78 is 1.90. The maximum Gasteiger partial charge on any atom is 0.268 e. The van der Waals surface area contributed by atoms with Crippen LogP contribution in [-0.2, 0) is 13.1 Å². The Labute approximate surface area is 187 Å². The van der Waals surface area contributed by atoms with Crippen LogP contribution in [0.1, 0.15) is 50.2 Å². The summed E-state index contributed by atoms with van der Waals surface area (Å²) >= 11 is 0. The summed E-state index contributed by atoms with van der Waals surface area (Å²) in [7, 11) is 0. The van der Waals surface area contributed by atoms with Crippen molar-refractivity contribution in [2.75, 3.05) is 0 Å². The summed E-state index contributed by atoms with van der Waals surface area (Å²) in [5, 5.41) is 7.79. The van der Waals surface area contributed by atoms with Crippen LogP contribution in [0.15, 0.2) is 66.9 Å². The number of hydrogen-bond donors (Lipinski definition) is 2. The van der Waals surface area contributed by atoms with Gasteiger partial charge in [0.05, 0.1) is 12.2 Å². The first-order valence-corrected chi connectivity index (χ1v) is 10.6. The van der Waals surface area contributed by atoms with Crippen molar-refractivity contribution in [1.29, 1.82) is 0 Å². The van der Waals surface area contributed by atoms with E-state index in [1.54, 1.807) is 6.92 Å². The van der Waals surface area contributed by atoms with Gasteiger partial charge in [0, 0.05) is 35.1 Å². The lowest BCUT2D eigenvalue weighted by Gasteiger charge is -2.06. The number of carbonyl (C=O) groups excluding carboxylic acids is 2.